The SMILES string of the molecule is COc1cc2c(cc1CCCN)OCO2. The number of fused-ring (bicyclic) bond motifs is 1. The number of ether oxygens (including phenoxy) is 3. The summed E-state index contributed by atoms with van der Waals surface area (Å²) in [6.07, 6.45) is 1.84. The Morgan fingerprint density at radius 1 is 1.33 bits per heavy atom. The van der Waals surface area contributed by atoms with Crippen molar-refractivity contribution in [3.63, 3.8) is 0 Å². The van der Waals surface area contributed by atoms with Crippen LogP contribution in [0.4, 0.5) is 0 Å². The van der Waals surface area contributed by atoms with Gasteiger partial charge in [-0.1, -0.05) is 0 Å². The summed E-state index contributed by atoms with van der Waals surface area (Å²) < 4.78 is 15.9. The molecule has 0 radical (unpaired) electrons. The molecular formula is C11H15NO3. The molecule has 4 nitrogen and oxygen atoms in total. The van der Waals surface area contributed by atoms with Crippen LogP contribution in [0.15, 0.2) is 12.1 Å². The van der Waals surface area contributed by atoms with Crippen molar-refractivity contribution in [1.82, 2.24) is 0 Å². The number of rotatable bonds is 4. The topological polar surface area (TPSA) is 53.7 Å². The Bertz CT molecular complexity index is 352. The molecule has 2 rings (SSSR count). The van der Waals surface area contributed by atoms with E-state index in [1.807, 2.05) is 12.1 Å². The Balaban J connectivity index is 2.27. The van der Waals surface area contributed by atoms with Crippen LogP contribution in [-0.4, -0.2) is 20.4 Å². The van der Waals surface area contributed by atoms with Crippen LogP contribution in [0.1, 0.15) is 12.0 Å². The van der Waals surface area contributed by atoms with Crippen molar-refractivity contribution in [3.05, 3.63) is 17.7 Å². The van der Waals surface area contributed by atoms with Crippen molar-refractivity contribution < 1.29 is 14.2 Å². The Labute approximate surface area is 88.9 Å². The third kappa shape index (κ3) is 1.99. The standard InChI is InChI=1S/C11H15NO3/c1-13-9-6-11-10(14-7-15-11)5-8(9)3-2-4-12/h5-6H,2-4,7,12H2,1H3. The number of benzene rings is 1. The first-order valence-corrected chi connectivity index (χ1v) is 5.01. The van der Waals surface area contributed by atoms with E-state index in [-0.39, 0.29) is 0 Å². The lowest BCUT2D eigenvalue weighted by Crippen LogP contribution is -2.01. The third-order valence-electron chi connectivity index (χ3n) is 2.43. The summed E-state index contributed by atoms with van der Waals surface area (Å²) in [6, 6.07) is 3.84. The molecule has 4 heteroatoms. The monoisotopic (exact) mass is 209 g/mol. The lowest BCUT2D eigenvalue weighted by Gasteiger charge is -2.09. The van der Waals surface area contributed by atoms with Crippen molar-refractivity contribution in [2.75, 3.05) is 20.4 Å². The molecule has 1 aliphatic rings. The molecule has 1 aliphatic heterocycles. The minimum Gasteiger partial charge on any atom is -0.496 e. The first-order chi connectivity index (χ1) is 7.35. The summed E-state index contributed by atoms with van der Waals surface area (Å²) in [5, 5.41) is 0. The Kier molecular flexibility index (Phi) is 2.97. The van der Waals surface area contributed by atoms with Crippen LogP contribution in [0.2, 0.25) is 0 Å². The van der Waals surface area contributed by atoms with Gasteiger partial charge >= 0.3 is 0 Å². The predicted molar refractivity (Wildman–Crippen MR) is 56.5 cm³/mol. The summed E-state index contributed by atoms with van der Waals surface area (Å²) >= 11 is 0. The number of nitrogens with two attached hydrogens (primary N) is 1. The smallest absolute Gasteiger partial charge is 0.231 e. The molecule has 15 heavy (non-hydrogen) atoms. The van der Waals surface area contributed by atoms with E-state index < -0.39 is 0 Å². The molecule has 82 valence electrons. The van der Waals surface area contributed by atoms with Crippen molar-refractivity contribution >= 4 is 0 Å². The molecule has 0 atom stereocenters. The van der Waals surface area contributed by atoms with Gasteiger partial charge in [-0.05, 0) is 31.0 Å². The van der Waals surface area contributed by atoms with E-state index in [0.717, 1.165) is 35.7 Å². The highest BCUT2D eigenvalue weighted by molar-refractivity contribution is 5.51. The van der Waals surface area contributed by atoms with Crippen LogP contribution in [-0.2, 0) is 6.42 Å². The van der Waals surface area contributed by atoms with Crippen LogP contribution in [0.5, 0.6) is 17.2 Å². The van der Waals surface area contributed by atoms with Gasteiger partial charge in [0.2, 0.25) is 6.79 Å². The second-order valence-corrected chi connectivity index (χ2v) is 3.41. The van der Waals surface area contributed by atoms with Gasteiger partial charge in [-0.2, -0.15) is 0 Å². The van der Waals surface area contributed by atoms with E-state index in [1.54, 1.807) is 7.11 Å². The van der Waals surface area contributed by atoms with Gasteiger partial charge in [0.05, 0.1) is 7.11 Å². The number of aryl methyl sites for hydroxylation is 1. The van der Waals surface area contributed by atoms with Crippen molar-refractivity contribution in [2.45, 2.75) is 12.8 Å². The van der Waals surface area contributed by atoms with Gasteiger partial charge in [-0.3, -0.25) is 0 Å². The molecule has 1 aromatic rings. The van der Waals surface area contributed by atoms with Gasteiger partial charge in [0.15, 0.2) is 11.5 Å². The fraction of sp³-hybridized carbons (Fsp3) is 0.455. The van der Waals surface area contributed by atoms with Gasteiger partial charge in [-0.15, -0.1) is 0 Å². The van der Waals surface area contributed by atoms with Crippen molar-refractivity contribution in [1.29, 1.82) is 0 Å². The lowest BCUT2D eigenvalue weighted by atomic mass is 10.1. The molecule has 1 heterocycles. The van der Waals surface area contributed by atoms with Crippen LogP contribution < -0.4 is 19.9 Å². The molecule has 1 aromatic carbocycles. The van der Waals surface area contributed by atoms with E-state index in [1.165, 1.54) is 0 Å². The minimum atomic E-state index is 0.291. The van der Waals surface area contributed by atoms with Gasteiger partial charge in [0.25, 0.3) is 0 Å². The van der Waals surface area contributed by atoms with Gasteiger partial charge in [0, 0.05) is 6.07 Å². The second-order valence-electron chi connectivity index (χ2n) is 3.41. The minimum absolute atomic E-state index is 0.291. The molecule has 0 amide bonds. The maximum atomic E-state index is 5.48. The van der Waals surface area contributed by atoms with Crippen LogP contribution in [0.25, 0.3) is 0 Å². The average molecular weight is 209 g/mol. The van der Waals surface area contributed by atoms with Gasteiger partial charge in [-0.25, -0.2) is 0 Å². The Morgan fingerprint density at radius 2 is 2.07 bits per heavy atom. The van der Waals surface area contributed by atoms with Gasteiger partial charge in [0.1, 0.15) is 5.75 Å². The van der Waals surface area contributed by atoms with E-state index in [4.69, 9.17) is 19.9 Å². The fourth-order valence-corrected chi connectivity index (χ4v) is 1.64. The first-order valence-electron chi connectivity index (χ1n) is 5.01. The quantitative estimate of drug-likeness (QED) is 0.812. The zero-order valence-corrected chi connectivity index (χ0v) is 8.79. The molecule has 0 unspecified atom stereocenters. The maximum absolute atomic E-state index is 5.48. The molecule has 0 aromatic heterocycles. The van der Waals surface area contributed by atoms with Crippen molar-refractivity contribution in [3.8, 4) is 17.2 Å². The van der Waals surface area contributed by atoms with E-state index in [9.17, 15) is 0 Å². The predicted octanol–water partition coefficient (Wildman–Crippen LogP) is 1.32. The summed E-state index contributed by atoms with van der Waals surface area (Å²) in [5.41, 5.74) is 6.60. The molecule has 0 fully saturated rings. The van der Waals surface area contributed by atoms with E-state index in [2.05, 4.69) is 0 Å². The normalized spacial score (nSPS) is 12.9. The molecule has 0 saturated heterocycles. The zero-order chi connectivity index (χ0) is 10.7. The third-order valence-corrected chi connectivity index (χ3v) is 2.43. The average Bonchev–Trinajstić information content (AvgIpc) is 2.71. The highest BCUT2D eigenvalue weighted by Gasteiger charge is 2.17. The summed E-state index contributed by atoms with van der Waals surface area (Å²) in [7, 11) is 1.66. The summed E-state index contributed by atoms with van der Waals surface area (Å²) in [5.74, 6) is 2.39. The Morgan fingerprint density at radius 3 is 2.73 bits per heavy atom. The molecular weight excluding hydrogens is 194 g/mol. The number of methoxy groups -OCH3 is 1. The largest absolute Gasteiger partial charge is 0.496 e. The van der Waals surface area contributed by atoms with Crippen LogP contribution in [0.3, 0.4) is 0 Å². The molecule has 0 aliphatic carbocycles. The van der Waals surface area contributed by atoms with E-state index >= 15 is 0 Å². The van der Waals surface area contributed by atoms with E-state index in [0.29, 0.717) is 13.3 Å². The second kappa shape index (κ2) is 4.40. The highest BCUT2D eigenvalue weighted by Crippen LogP contribution is 2.38. The maximum Gasteiger partial charge on any atom is 0.231 e. The fourth-order valence-electron chi connectivity index (χ4n) is 1.64. The molecule has 2 N–H and O–H groups in total. The first kappa shape index (κ1) is 10.1. The summed E-state index contributed by atoms with van der Waals surface area (Å²) in [4.78, 5) is 0. The van der Waals surface area contributed by atoms with Gasteiger partial charge < -0.3 is 19.9 Å². The zero-order valence-electron chi connectivity index (χ0n) is 8.79. The number of hydrogen-bond acceptors (Lipinski definition) is 4. The Hall–Kier alpha value is -1.42. The van der Waals surface area contributed by atoms with Crippen LogP contribution >= 0.6 is 0 Å². The molecule has 0 spiro atoms. The lowest BCUT2D eigenvalue weighted by molar-refractivity contribution is 0.174. The molecule has 0 saturated carbocycles. The molecule has 0 bridgehead atoms. The van der Waals surface area contributed by atoms with Crippen LogP contribution in [0, 0.1) is 0 Å². The number of hydrogen-bond donors (Lipinski definition) is 1. The van der Waals surface area contributed by atoms with Crippen molar-refractivity contribution in [2.24, 2.45) is 5.73 Å². The highest BCUT2D eigenvalue weighted by atomic mass is 16.7. The summed E-state index contributed by atoms with van der Waals surface area (Å²) in [6.45, 7) is 0.969.